The largest absolute Gasteiger partial charge is 0.489 e. The molecular formula is C25H25N3O3. The Kier molecular flexibility index (Phi) is 4.77. The molecule has 5 rings (SSSR count). The first-order chi connectivity index (χ1) is 15.0. The highest BCUT2D eigenvalue weighted by Crippen LogP contribution is 2.50. The van der Waals surface area contributed by atoms with Gasteiger partial charge in [0.1, 0.15) is 18.0 Å². The quantitative estimate of drug-likeness (QED) is 0.613. The average Bonchev–Trinajstić information content (AvgIpc) is 3.55. The summed E-state index contributed by atoms with van der Waals surface area (Å²) in [6.45, 7) is 4.34. The van der Waals surface area contributed by atoms with Crippen LogP contribution in [-0.2, 0) is 12.1 Å². The smallest absolute Gasteiger partial charge is 0.335 e. The molecule has 1 aliphatic heterocycles. The number of hydrogen-bond acceptors (Lipinski definition) is 5. The van der Waals surface area contributed by atoms with Crippen LogP contribution in [0.3, 0.4) is 0 Å². The molecule has 1 aromatic heterocycles. The van der Waals surface area contributed by atoms with Crippen LogP contribution in [0.5, 0.6) is 5.75 Å². The molecule has 0 spiro atoms. The van der Waals surface area contributed by atoms with Gasteiger partial charge in [-0.15, -0.1) is 0 Å². The minimum Gasteiger partial charge on any atom is -0.489 e. The molecular weight excluding hydrogens is 390 g/mol. The highest BCUT2D eigenvalue weighted by atomic mass is 16.5. The lowest BCUT2D eigenvalue weighted by Crippen LogP contribution is -2.34. The van der Waals surface area contributed by atoms with E-state index in [0.717, 1.165) is 48.7 Å². The second-order valence-electron chi connectivity index (χ2n) is 8.35. The molecule has 6 nitrogen and oxygen atoms in total. The molecule has 1 aliphatic carbocycles. The molecule has 0 bridgehead atoms. The van der Waals surface area contributed by atoms with E-state index < -0.39 is 5.97 Å². The molecule has 2 aromatic carbocycles. The predicted octanol–water partition coefficient (Wildman–Crippen LogP) is 4.59. The van der Waals surface area contributed by atoms with Crippen molar-refractivity contribution in [3.8, 4) is 5.75 Å². The first-order valence-electron chi connectivity index (χ1n) is 10.6. The van der Waals surface area contributed by atoms with Crippen LogP contribution in [0.1, 0.15) is 39.9 Å². The van der Waals surface area contributed by atoms with Gasteiger partial charge in [0, 0.05) is 18.8 Å². The highest BCUT2D eigenvalue weighted by Gasteiger charge is 2.45. The SMILES string of the molecule is Cc1cccc(CN2CCOc3ccnc(NC4(c5ccc(C(=O)O)cc5)CC4)c32)c1. The van der Waals surface area contributed by atoms with E-state index in [1.165, 1.54) is 11.1 Å². The fourth-order valence-electron chi connectivity index (χ4n) is 4.29. The maximum absolute atomic E-state index is 11.2. The number of nitrogens with one attached hydrogen (secondary N) is 1. The highest BCUT2D eigenvalue weighted by molar-refractivity contribution is 5.87. The van der Waals surface area contributed by atoms with Gasteiger partial charge < -0.3 is 20.1 Å². The first kappa shape index (κ1) is 19.4. The molecule has 0 amide bonds. The molecule has 3 aromatic rings. The lowest BCUT2D eigenvalue weighted by atomic mass is 10.0. The Morgan fingerprint density at radius 1 is 1.19 bits per heavy atom. The summed E-state index contributed by atoms with van der Waals surface area (Å²) in [6.07, 6.45) is 3.73. The minimum atomic E-state index is -0.910. The number of aromatic nitrogens is 1. The monoisotopic (exact) mass is 415 g/mol. The molecule has 158 valence electrons. The van der Waals surface area contributed by atoms with E-state index >= 15 is 0 Å². The van der Waals surface area contributed by atoms with Gasteiger partial charge in [-0.25, -0.2) is 9.78 Å². The van der Waals surface area contributed by atoms with Gasteiger partial charge in [-0.2, -0.15) is 0 Å². The van der Waals surface area contributed by atoms with Crippen molar-refractivity contribution < 1.29 is 14.6 Å². The average molecular weight is 415 g/mol. The lowest BCUT2D eigenvalue weighted by molar-refractivity contribution is 0.0697. The van der Waals surface area contributed by atoms with Gasteiger partial charge in [0.25, 0.3) is 0 Å². The van der Waals surface area contributed by atoms with Gasteiger partial charge in [0.05, 0.1) is 17.6 Å². The number of carboxylic acids is 1. The van der Waals surface area contributed by atoms with Crippen LogP contribution < -0.4 is 15.0 Å². The molecule has 2 N–H and O–H groups in total. The van der Waals surface area contributed by atoms with Gasteiger partial charge in [-0.05, 0) is 43.0 Å². The van der Waals surface area contributed by atoms with Crippen LogP contribution in [0.2, 0.25) is 0 Å². The van der Waals surface area contributed by atoms with Gasteiger partial charge in [0.15, 0.2) is 5.82 Å². The summed E-state index contributed by atoms with van der Waals surface area (Å²) in [4.78, 5) is 18.2. The third-order valence-corrected chi connectivity index (χ3v) is 6.07. The van der Waals surface area contributed by atoms with Crippen LogP contribution in [0.15, 0.2) is 60.8 Å². The van der Waals surface area contributed by atoms with Gasteiger partial charge >= 0.3 is 5.97 Å². The molecule has 6 heteroatoms. The maximum Gasteiger partial charge on any atom is 0.335 e. The summed E-state index contributed by atoms with van der Waals surface area (Å²) in [5.74, 6) is 0.741. The number of ether oxygens (including phenoxy) is 1. The van der Waals surface area contributed by atoms with E-state index in [1.807, 2.05) is 18.2 Å². The molecule has 0 saturated heterocycles. The fourth-order valence-corrected chi connectivity index (χ4v) is 4.29. The number of carboxylic acid groups (broad SMARTS) is 1. The molecule has 1 saturated carbocycles. The van der Waals surface area contributed by atoms with Crippen LogP contribution in [0.4, 0.5) is 11.5 Å². The van der Waals surface area contributed by atoms with Crippen molar-refractivity contribution >= 4 is 17.5 Å². The third-order valence-electron chi connectivity index (χ3n) is 6.07. The zero-order valence-corrected chi connectivity index (χ0v) is 17.5. The summed E-state index contributed by atoms with van der Waals surface area (Å²) >= 11 is 0. The number of carbonyl (C=O) groups is 1. The first-order valence-corrected chi connectivity index (χ1v) is 10.6. The van der Waals surface area contributed by atoms with E-state index in [4.69, 9.17) is 4.74 Å². The molecule has 0 radical (unpaired) electrons. The number of nitrogens with zero attached hydrogens (tertiary/aromatic N) is 2. The van der Waals surface area contributed by atoms with Crippen molar-refractivity contribution in [3.63, 3.8) is 0 Å². The Bertz CT molecular complexity index is 1120. The van der Waals surface area contributed by atoms with Crippen molar-refractivity contribution in [1.29, 1.82) is 0 Å². The van der Waals surface area contributed by atoms with Crippen molar-refractivity contribution in [2.45, 2.75) is 31.8 Å². The molecule has 2 heterocycles. The number of pyridine rings is 1. The normalized spacial score (nSPS) is 16.2. The predicted molar refractivity (Wildman–Crippen MR) is 120 cm³/mol. The van der Waals surface area contributed by atoms with Crippen LogP contribution >= 0.6 is 0 Å². The van der Waals surface area contributed by atoms with Crippen LogP contribution in [0, 0.1) is 6.92 Å². The summed E-state index contributed by atoms with van der Waals surface area (Å²) in [6, 6.07) is 17.6. The van der Waals surface area contributed by atoms with Gasteiger partial charge in [0.2, 0.25) is 0 Å². The lowest BCUT2D eigenvalue weighted by Gasteiger charge is -2.33. The van der Waals surface area contributed by atoms with E-state index in [2.05, 4.69) is 46.4 Å². The van der Waals surface area contributed by atoms with Crippen molar-refractivity contribution in [2.75, 3.05) is 23.4 Å². The Morgan fingerprint density at radius 3 is 2.71 bits per heavy atom. The zero-order chi connectivity index (χ0) is 21.4. The maximum atomic E-state index is 11.2. The minimum absolute atomic E-state index is 0.217. The number of aromatic carboxylic acids is 1. The Labute approximate surface area is 181 Å². The van der Waals surface area contributed by atoms with Gasteiger partial charge in [-0.3, -0.25) is 0 Å². The summed E-state index contributed by atoms with van der Waals surface area (Å²) < 4.78 is 5.95. The molecule has 0 atom stereocenters. The number of benzene rings is 2. The number of hydrogen-bond donors (Lipinski definition) is 2. The van der Waals surface area contributed by atoms with Crippen molar-refractivity contribution in [1.82, 2.24) is 4.98 Å². The van der Waals surface area contributed by atoms with Gasteiger partial charge in [-0.1, -0.05) is 42.0 Å². The zero-order valence-electron chi connectivity index (χ0n) is 17.5. The van der Waals surface area contributed by atoms with Crippen molar-refractivity contribution in [2.24, 2.45) is 0 Å². The van der Waals surface area contributed by atoms with E-state index in [9.17, 15) is 9.90 Å². The number of anilines is 2. The number of rotatable bonds is 6. The fraction of sp³-hybridized carbons (Fsp3) is 0.280. The Morgan fingerprint density at radius 2 is 2.00 bits per heavy atom. The number of fused-ring (bicyclic) bond motifs is 1. The molecule has 1 fully saturated rings. The summed E-state index contributed by atoms with van der Waals surface area (Å²) in [7, 11) is 0. The van der Waals surface area contributed by atoms with Crippen LogP contribution in [-0.4, -0.2) is 29.2 Å². The Balaban J connectivity index is 1.45. The van der Waals surface area contributed by atoms with Crippen molar-refractivity contribution in [3.05, 3.63) is 83.0 Å². The molecule has 2 aliphatic rings. The second kappa shape index (κ2) is 7.61. The van der Waals surface area contributed by atoms with E-state index in [1.54, 1.807) is 18.3 Å². The van der Waals surface area contributed by atoms with E-state index in [-0.39, 0.29) is 5.54 Å². The summed E-state index contributed by atoms with van der Waals surface area (Å²) in [5.41, 5.74) is 4.66. The second-order valence-corrected chi connectivity index (χ2v) is 8.35. The number of aryl methyl sites for hydroxylation is 1. The topological polar surface area (TPSA) is 74.7 Å². The van der Waals surface area contributed by atoms with Crippen LogP contribution in [0.25, 0.3) is 0 Å². The molecule has 0 unspecified atom stereocenters. The Hall–Kier alpha value is -3.54. The molecule has 31 heavy (non-hydrogen) atoms. The standard InChI is InChI=1S/C25H25N3O3/c1-17-3-2-4-18(15-17)16-28-13-14-31-21-9-12-26-23(22(21)28)27-25(10-11-25)20-7-5-19(6-8-20)24(29)30/h2-9,12,15H,10-11,13-14,16H2,1H3,(H,26,27)(H,29,30). The summed E-state index contributed by atoms with van der Waals surface area (Å²) in [5, 5.41) is 12.9. The third kappa shape index (κ3) is 3.81. The van der Waals surface area contributed by atoms with E-state index in [0.29, 0.717) is 12.2 Å².